The summed E-state index contributed by atoms with van der Waals surface area (Å²) in [6.07, 6.45) is 3.91. The second-order valence-electron chi connectivity index (χ2n) is 6.07. The number of fused-ring (bicyclic) bond motifs is 2. The largest absolute Gasteiger partial charge is 0.358 e. The highest BCUT2D eigenvalue weighted by atomic mass is 16.1. The molecule has 0 unspecified atom stereocenters. The van der Waals surface area contributed by atoms with Gasteiger partial charge in [-0.15, -0.1) is 0 Å². The van der Waals surface area contributed by atoms with Crippen LogP contribution in [-0.2, 0) is 17.8 Å². The molecule has 0 saturated heterocycles. The number of imidazole rings is 1. The third kappa shape index (κ3) is 3.21. The number of aromatic amines is 2. The third-order valence-corrected chi connectivity index (χ3v) is 4.29. The van der Waals surface area contributed by atoms with Crippen LogP contribution in [0, 0.1) is 0 Å². The highest BCUT2D eigenvalue weighted by molar-refractivity contribution is 5.80. The molecule has 0 aliphatic rings. The predicted octanol–water partition coefficient (Wildman–Crippen LogP) is 1.35. The number of hydrogen-bond donors (Lipinski definition) is 3. The van der Waals surface area contributed by atoms with E-state index in [1.165, 1.54) is 18.0 Å². The fourth-order valence-electron chi connectivity index (χ4n) is 2.97. The number of nitrogens with one attached hydrogen (secondary N) is 3. The zero-order valence-electron chi connectivity index (χ0n) is 14.0. The van der Waals surface area contributed by atoms with Crippen molar-refractivity contribution in [1.29, 1.82) is 0 Å². The lowest BCUT2D eigenvalue weighted by atomic mass is 10.2. The fraction of sp³-hybridized carbons (Fsp3) is 0.222. The van der Waals surface area contributed by atoms with Gasteiger partial charge in [-0.05, 0) is 17.5 Å². The molecule has 26 heavy (non-hydrogen) atoms. The van der Waals surface area contributed by atoms with Crippen molar-refractivity contribution in [3.8, 4) is 0 Å². The Hall–Kier alpha value is -3.42. The Labute approximate surface area is 148 Å². The van der Waals surface area contributed by atoms with Gasteiger partial charge in [0.05, 0.1) is 12.7 Å². The normalized spacial score (nSPS) is 11.2. The molecule has 0 spiro atoms. The summed E-state index contributed by atoms with van der Waals surface area (Å²) in [5, 5.41) is 4.09. The van der Waals surface area contributed by atoms with Crippen LogP contribution in [0.3, 0.4) is 0 Å². The number of H-pyrrole nitrogens is 2. The summed E-state index contributed by atoms with van der Waals surface area (Å²) in [7, 11) is 0. The molecular formula is C18H18N6O2. The lowest BCUT2D eigenvalue weighted by Crippen LogP contribution is -2.26. The van der Waals surface area contributed by atoms with E-state index >= 15 is 0 Å². The summed E-state index contributed by atoms with van der Waals surface area (Å²) in [5.74, 6) is -0.0483. The lowest BCUT2D eigenvalue weighted by Gasteiger charge is -2.05. The minimum atomic E-state index is -0.281. The van der Waals surface area contributed by atoms with E-state index in [-0.39, 0.29) is 17.0 Å². The van der Waals surface area contributed by atoms with Crippen LogP contribution in [0.25, 0.3) is 22.1 Å². The van der Waals surface area contributed by atoms with Gasteiger partial charge >= 0.3 is 0 Å². The zero-order valence-corrected chi connectivity index (χ0v) is 14.0. The summed E-state index contributed by atoms with van der Waals surface area (Å²) < 4.78 is 1.71. The van der Waals surface area contributed by atoms with Crippen molar-refractivity contribution < 1.29 is 4.79 Å². The van der Waals surface area contributed by atoms with Gasteiger partial charge in [0.2, 0.25) is 5.91 Å². The first-order chi connectivity index (χ1) is 12.7. The molecule has 132 valence electrons. The van der Waals surface area contributed by atoms with Crippen molar-refractivity contribution in [2.45, 2.75) is 19.4 Å². The number of carbonyl (C=O) groups excluding carboxylic acids is 1. The van der Waals surface area contributed by atoms with Crippen molar-refractivity contribution in [3.05, 3.63) is 59.0 Å². The van der Waals surface area contributed by atoms with E-state index in [9.17, 15) is 9.59 Å². The van der Waals surface area contributed by atoms with Gasteiger partial charge in [0.25, 0.3) is 5.56 Å². The molecule has 4 rings (SSSR count). The second kappa shape index (κ2) is 6.83. The van der Waals surface area contributed by atoms with Crippen molar-refractivity contribution in [1.82, 2.24) is 29.8 Å². The van der Waals surface area contributed by atoms with Gasteiger partial charge in [0.15, 0.2) is 11.2 Å². The molecule has 3 N–H and O–H groups in total. The smallest absolute Gasteiger partial charge is 0.278 e. The number of aromatic nitrogens is 5. The highest BCUT2D eigenvalue weighted by Gasteiger charge is 2.09. The first-order valence-electron chi connectivity index (χ1n) is 8.42. The SMILES string of the molecule is O=C(CCn1cnc2c(=O)[nH]cnc21)NCCc1cc2ccccc2[nH]1. The summed E-state index contributed by atoms with van der Waals surface area (Å²) >= 11 is 0. The molecular weight excluding hydrogens is 332 g/mol. The number of amides is 1. The first kappa shape index (κ1) is 16.1. The molecule has 0 aliphatic carbocycles. The van der Waals surface area contributed by atoms with Crippen LogP contribution in [0.15, 0.2) is 47.8 Å². The van der Waals surface area contributed by atoms with Gasteiger partial charge in [-0.3, -0.25) is 9.59 Å². The number of para-hydroxylation sites is 1. The molecule has 0 aliphatic heterocycles. The fourth-order valence-corrected chi connectivity index (χ4v) is 2.97. The number of carbonyl (C=O) groups is 1. The van der Waals surface area contributed by atoms with Crippen LogP contribution in [0.1, 0.15) is 12.1 Å². The van der Waals surface area contributed by atoms with E-state index in [1.54, 1.807) is 4.57 Å². The van der Waals surface area contributed by atoms with Crippen molar-refractivity contribution in [2.24, 2.45) is 0 Å². The minimum absolute atomic E-state index is 0.0483. The quantitative estimate of drug-likeness (QED) is 0.488. The number of hydrogen-bond acceptors (Lipinski definition) is 4. The van der Waals surface area contributed by atoms with Gasteiger partial charge in [0, 0.05) is 37.1 Å². The summed E-state index contributed by atoms with van der Waals surface area (Å²) in [5.41, 5.74) is 2.68. The van der Waals surface area contributed by atoms with E-state index in [0.717, 1.165) is 17.6 Å². The maximum absolute atomic E-state index is 12.1. The van der Waals surface area contributed by atoms with E-state index in [2.05, 4.69) is 37.4 Å². The Balaban J connectivity index is 1.30. The Morgan fingerprint density at radius 1 is 1.23 bits per heavy atom. The molecule has 0 saturated carbocycles. The van der Waals surface area contributed by atoms with Gasteiger partial charge in [-0.2, -0.15) is 0 Å². The van der Waals surface area contributed by atoms with Crippen molar-refractivity contribution in [3.63, 3.8) is 0 Å². The maximum Gasteiger partial charge on any atom is 0.278 e. The Kier molecular flexibility index (Phi) is 4.22. The predicted molar refractivity (Wildman–Crippen MR) is 97.8 cm³/mol. The van der Waals surface area contributed by atoms with Gasteiger partial charge in [-0.25, -0.2) is 9.97 Å². The molecule has 1 amide bonds. The van der Waals surface area contributed by atoms with E-state index < -0.39 is 0 Å². The standard InChI is InChI=1S/C18H18N6O2/c25-15(6-8-24-11-22-16-17(24)20-10-21-18(16)26)19-7-5-13-9-12-3-1-2-4-14(12)23-13/h1-4,9-11,23H,5-8H2,(H,19,25)(H,20,21,26). The monoisotopic (exact) mass is 350 g/mol. The van der Waals surface area contributed by atoms with Gasteiger partial charge < -0.3 is 19.9 Å². The van der Waals surface area contributed by atoms with Crippen LogP contribution in [0.2, 0.25) is 0 Å². The van der Waals surface area contributed by atoms with E-state index in [0.29, 0.717) is 25.2 Å². The van der Waals surface area contributed by atoms with E-state index in [4.69, 9.17) is 0 Å². The average molecular weight is 350 g/mol. The molecule has 0 atom stereocenters. The molecule has 8 nitrogen and oxygen atoms in total. The summed E-state index contributed by atoms with van der Waals surface area (Å²) in [4.78, 5) is 37.7. The average Bonchev–Trinajstić information content (AvgIpc) is 3.24. The Bertz CT molecular complexity index is 1090. The molecule has 4 aromatic rings. The lowest BCUT2D eigenvalue weighted by molar-refractivity contribution is -0.121. The Morgan fingerprint density at radius 3 is 3.00 bits per heavy atom. The molecule has 0 fully saturated rings. The number of nitrogens with zero attached hydrogens (tertiary/aromatic N) is 3. The highest BCUT2D eigenvalue weighted by Crippen LogP contribution is 2.14. The molecule has 0 radical (unpaired) electrons. The third-order valence-electron chi connectivity index (χ3n) is 4.29. The minimum Gasteiger partial charge on any atom is -0.358 e. The first-order valence-corrected chi connectivity index (χ1v) is 8.42. The molecule has 0 bridgehead atoms. The molecule has 3 heterocycles. The van der Waals surface area contributed by atoms with Gasteiger partial charge in [0.1, 0.15) is 0 Å². The van der Waals surface area contributed by atoms with Crippen LogP contribution < -0.4 is 10.9 Å². The number of benzene rings is 1. The molecule has 1 aromatic carbocycles. The molecule has 8 heteroatoms. The maximum atomic E-state index is 12.1. The van der Waals surface area contributed by atoms with Crippen molar-refractivity contribution >= 4 is 28.0 Å². The number of rotatable bonds is 6. The van der Waals surface area contributed by atoms with Crippen LogP contribution in [0.4, 0.5) is 0 Å². The van der Waals surface area contributed by atoms with Crippen LogP contribution in [0.5, 0.6) is 0 Å². The summed E-state index contributed by atoms with van der Waals surface area (Å²) in [6, 6.07) is 10.2. The van der Waals surface area contributed by atoms with Gasteiger partial charge in [-0.1, -0.05) is 18.2 Å². The summed E-state index contributed by atoms with van der Waals surface area (Å²) in [6.45, 7) is 0.986. The van der Waals surface area contributed by atoms with E-state index in [1.807, 2.05) is 18.2 Å². The van der Waals surface area contributed by atoms with Crippen LogP contribution in [-0.4, -0.2) is 37.0 Å². The topological polar surface area (TPSA) is 108 Å². The van der Waals surface area contributed by atoms with Crippen LogP contribution >= 0.6 is 0 Å². The van der Waals surface area contributed by atoms with Crippen molar-refractivity contribution in [2.75, 3.05) is 6.54 Å². The zero-order chi connectivity index (χ0) is 17.9. The Morgan fingerprint density at radius 2 is 2.12 bits per heavy atom. The molecule has 3 aromatic heterocycles. The number of aryl methyl sites for hydroxylation is 1. The second-order valence-corrected chi connectivity index (χ2v) is 6.07.